The van der Waals surface area contributed by atoms with Gasteiger partial charge in [0.05, 0.1) is 44.2 Å². The lowest BCUT2D eigenvalue weighted by molar-refractivity contribution is -0.157. The van der Waals surface area contributed by atoms with Crippen LogP contribution in [0.3, 0.4) is 0 Å². The molecule has 2 amide bonds. The Morgan fingerprint density at radius 3 is 1.27 bits per heavy atom. The van der Waals surface area contributed by atoms with E-state index in [9.17, 15) is 51.4 Å². The lowest BCUT2D eigenvalue weighted by atomic mass is 9.94. The van der Waals surface area contributed by atoms with E-state index >= 15 is 8.78 Å². The molecule has 10 rings (SSSR count). The summed E-state index contributed by atoms with van der Waals surface area (Å²) in [5, 5.41) is 21.6. The van der Waals surface area contributed by atoms with Gasteiger partial charge in [-0.1, -0.05) is 38.1 Å². The first-order chi connectivity index (χ1) is 44.5. The van der Waals surface area contributed by atoms with Crippen LogP contribution in [0, 0.1) is 48.8 Å². The number of fused-ring (bicyclic) bond motifs is 4. The molecule has 4 aromatic heterocycles. The van der Waals surface area contributed by atoms with Crippen LogP contribution in [-0.4, -0.2) is 87.7 Å². The molecule has 0 unspecified atom stereocenters. The smallest absolute Gasteiger partial charge is 0.329 e. The predicted molar refractivity (Wildman–Crippen MR) is 348 cm³/mol. The first kappa shape index (κ1) is 67.9. The van der Waals surface area contributed by atoms with E-state index in [0.717, 1.165) is 24.3 Å². The molecule has 0 aliphatic heterocycles. The summed E-state index contributed by atoms with van der Waals surface area (Å²) in [4.78, 5) is 97.0. The van der Waals surface area contributed by atoms with Crippen LogP contribution in [0.25, 0.3) is 66.1 Å². The maximum absolute atomic E-state index is 15.2. The molecule has 0 saturated carbocycles. The number of carboxylic acid groups (broad SMARTS) is 1. The van der Waals surface area contributed by atoms with E-state index < -0.39 is 87.5 Å². The van der Waals surface area contributed by atoms with Gasteiger partial charge in [-0.25, -0.2) is 35.9 Å². The molecule has 5 N–H and O–H groups in total. The van der Waals surface area contributed by atoms with Gasteiger partial charge in [0.2, 0.25) is 0 Å². The summed E-state index contributed by atoms with van der Waals surface area (Å²) >= 11 is 0. The summed E-state index contributed by atoms with van der Waals surface area (Å²) in [5.74, 6) is -10.0. The lowest BCUT2D eigenvalue weighted by Gasteiger charge is -2.25. The second-order valence-corrected chi connectivity index (χ2v) is 24.0. The van der Waals surface area contributed by atoms with E-state index in [0.29, 0.717) is 84.6 Å². The Hall–Kier alpha value is -10.5. The summed E-state index contributed by atoms with van der Waals surface area (Å²) in [6, 6.07) is 15.7. The number of esters is 1. The Kier molecular flexibility index (Phi) is 20.0. The van der Waals surface area contributed by atoms with Crippen molar-refractivity contribution in [2.45, 2.75) is 118 Å². The van der Waals surface area contributed by atoms with E-state index in [1.165, 1.54) is 64.3 Å². The highest BCUT2D eigenvalue weighted by Crippen LogP contribution is 2.35. The molecule has 0 saturated heterocycles. The highest BCUT2D eigenvalue weighted by Gasteiger charge is 2.32. The first-order valence-corrected chi connectivity index (χ1v) is 30.1. The number of amides is 2. The number of aromatic nitrogens is 6. The molecule has 488 valence electrons. The number of ether oxygens (including phenoxy) is 1. The largest absolute Gasteiger partial charge is 0.480 e. The summed E-state index contributed by atoms with van der Waals surface area (Å²) in [6.45, 7) is 15.9. The van der Waals surface area contributed by atoms with E-state index in [1.807, 2.05) is 27.7 Å². The zero-order valence-electron chi connectivity index (χ0n) is 53.3. The molecule has 0 aliphatic rings. The number of nitrogens with zero attached hydrogens (tertiary/aromatic N) is 6. The summed E-state index contributed by atoms with van der Waals surface area (Å²) < 4.78 is 96.9. The molecule has 0 fully saturated rings. The van der Waals surface area contributed by atoms with Crippen molar-refractivity contribution < 1.29 is 55.4 Å². The fourth-order valence-electron chi connectivity index (χ4n) is 11.1. The van der Waals surface area contributed by atoms with Gasteiger partial charge in [0.25, 0.3) is 22.9 Å². The zero-order chi connectivity index (χ0) is 68.4. The molecule has 6 aromatic carbocycles. The normalized spacial score (nSPS) is 12.8. The number of carboxylic acids is 1. The van der Waals surface area contributed by atoms with Crippen molar-refractivity contribution in [1.29, 1.82) is 0 Å². The minimum absolute atomic E-state index is 0.0597. The number of hydrogen-bond donors (Lipinski definition) is 5. The highest BCUT2D eigenvalue weighted by molar-refractivity contribution is 6.02. The van der Waals surface area contributed by atoms with Crippen LogP contribution in [-0.2, 0) is 41.3 Å². The number of halogens is 6. The highest BCUT2D eigenvalue weighted by atomic mass is 19.2. The number of carbonyl (C=O) groups excluding carboxylic acids is 3. The van der Waals surface area contributed by atoms with Crippen LogP contribution in [0.15, 0.2) is 119 Å². The molecule has 10 aromatic rings. The van der Waals surface area contributed by atoms with Crippen LogP contribution in [0.4, 0.5) is 37.7 Å². The maximum atomic E-state index is 15.2. The predicted octanol–water partition coefficient (Wildman–Crippen LogP) is 12.3. The maximum Gasteiger partial charge on any atom is 0.329 e. The van der Waals surface area contributed by atoms with Gasteiger partial charge < -0.3 is 40.2 Å². The van der Waals surface area contributed by atoms with Crippen molar-refractivity contribution >= 4 is 79.0 Å². The molecule has 4 atom stereocenters. The van der Waals surface area contributed by atoms with Crippen LogP contribution in [0.1, 0.15) is 104 Å². The first-order valence-electron chi connectivity index (χ1n) is 30.1. The molecular formula is C70H68F6N10O8. The number of anilines is 2. The number of aryl methyl sites for hydroxylation is 4. The molecule has 4 heterocycles. The monoisotopic (exact) mass is 1290 g/mol. The van der Waals surface area contributed by atoms with Gasteiger partial charge in [0.1, 0.15) is 63.7 Å². The quantitative estimate of drug-likeness (QED) is 0.0397. The van der Waals surface area contributed by atoms with Crippen molar-refractivity contribution in [1.82, 2.24) is 39.7 Å². The fraction of sp³-hybridized carbons (Fsp3) is 0.286. The summed E-state index contributed by atoms with van der Waals surface area (Å²) in [5.41, 5.74) is 2.51. The fourth-order valence-corrected chi connectivity index (χ4v) is 11.1. The number of pyridine rings is 2. The SMILES string of the molecule is CC[C@H](C)Nc1cc(F)c(C(=O)N[C@@H](Cc2ccc(-c3c(C)c4cc(F)ccc4n(C)c3=O)c3nccnc23)C(=O)O)c(F)c1.CC[C@H](C)Nc1cc(F)c(C(=O)N[C@@H](Cc2ccc(-c3c(C)c4cc(F)ccc4n(C)c3=O)c3nccnc23)C(=O)OC(C)(C)C)c(F)c1. The average molecular weight is 1290 g/mol. The third-order valence-electron chi connectivity index (χ3n) is 16.2. The van der Waals surface area contributed by atoms with Crippen LogP contribution in [0.2, 0.25) is 0 Å². The van der Waals surface area contributed by atoms with Crippen LogP contribution in [0.5, 0.6) is 0 Å². The molecular weight excluding hydrogens is 1220 g/mol. The topological polar surface area (TPSA) is 241 Å². The molecule has 18 nitrogen and oxygen atoms in total. The van der Waals surface area contributed by atoms with Crippen molar-refractivity contribution in [2.24, 2.45) is 14.1 Å². The second kappa shape index (κ2) is 27.7. The van der Waals surface area contributed by atoms with Crippen LogP contribution >= 0.6 is 0 Å². The molecule has 0 radical (unpaired) electrons. The van der Waals surface area contributed by atoms with Crippen molar-refractivity contribution in [2.75, 3.05) is 10.6 Å². The lowest BCUT2D eigenvalue weighted by Crippen LogP contribution is -2.46. The Labute approximate surface area is 535 Å². The van der Waals surface area contributed by atoms with Gasteiger partial charge in [0.15, 0.2) is 0 Å². The van der Waals surface area contributed by atoms with Gasteiger partial charge in [-0.05, 0) is 144 Å². The number of carbonyl (C=O) groups is 4. The minimum atomic E-state index is -1.59. The van der Waals surface area contributed by atoms with Crippen molar-refractivity contribution in [3.63, 3.8) is 0 Å². The number of rotatable bonds is 18. The number of nitrogens with one attached hydrogen (secondary N) is 4. The summed E-state index contributed by atoms with van der Waals surface area (Å²) in [6.07, 6.45) is 6.61. The number of benzene rings is 6. The Balaban J connectivity index is 0.000000222. The van der Waals surface area contributed by atoms with Gasteiger partial charge >= 0.3 is 11.9 Å². The zero-order valence-corrected chi connectivity index (χ0v) is 53.3. The van der Waals surface area contributed by atoms with E-state index in [2.05, 4.69) is 41.2 Å². The molecule has 0 bridgehead atoms. The number of aliphatic carboxylic acids is 1. The Morgan fingerprint density at radius 2 is 0.904 bits per heavy atom. The van der Waals surface area contributed by atoms with Gasteiger partial charge in [-0.3, -0.25) is 39.1 Å². The second-order valence-electron chi connectivity index (χ2n) is 24.0. The number of hydrogen-bond acceptors (Lipinski definition) is 13. The Morgan fingerprint density at radius 1 is 0.543 bits per heavy atom. The molecule has 94 heavy (non-hydrogen) atoms. The van der Waals surface area contributed by atoms with Gasteiger partial charge in [0, 0.05) is 97.1 Å². The van der Waals surface area contributed by atoms with E-state index in [1.54, 1.807) is 79.0 Å². The van der Waals surface area contributed by atoms with Gasteiger partial charge in [-0.2, -0.15) is 0 Å². The minimum Gasteiger partial charge on any atom is -0.480 e. The molecule has 0 spiro atoms. The third-order valence-corrected chi connectivity index (χ3v) is 16.2. The third kappa shape index (κ3) is 14.2. The van der Waals surface area contributed by atoms with E-state index in [-0.39, 0.29) is 64.0 Å². The average Bonchev–Trinajstić information content (AvgIpc) is 0.753. The Bertz CT molecular complexity index is 4760. The standard InChI is InChI=1S/C37H38F3N5O4.C33H30F3N5O4/c1-8-19(2)43-23-17-26(39)31(27(40)18-23)34(46)44-28(36(48)49-37(4,5)6)15-21-9-11-24(33-32(21)41-13-14-42-33)30-20(3)25-16-22(38)10-12-29(25)45(7)35(30)47;1-5-16(2)39-20-14-23(35)28(24(36)15-20)31(42)40-25(33(44)45)12-18-6-8-21(30-29(18)37-10-11-38-30)27-17(3)22-13-19(34)7-9-26(22)41(4)32(27)43/h9-14,16-19,28,43H,8,15H2,1-7H3,(H,44,46);6-11,13-16,25,39H,5,12H2,1-4H3,(H,40,42)(H,44,45)/t19-,28-;16-,25-/m00/s1. The molecule has 0 aliphatic carbocycles. The van der Waals surface area contributed by atoms with Crippen LogP contribution < -0.4 is 32.4 Å². The summed E-state index contributed by atoms with van der Waals surface area (Å²) in [7, 11) is 3.18. The molecule has 24 heteroatoms. The van der Waals surface area contributed by atoms with E-state index in [4.69, 9.17) is 4.74 Å². The van der Waals surface area contributed by atoms with Crippen molar-refractivity contribution in [3.05, 3.63) is 199 Å². The van der Waals surface area contributed by atoms with Crippen molar-refractivity contribution in [3.8, 4) is 22.3 Å². The van der Waals surface area contributed by atoms with Gasteiger partial charge in [-0.15, -0.1) is 0 Å².